The van der Waals surface area contributed by atoms with Crippen molar-refractivity contribution in [2.45, 2.75) is 37.6 Å². The summed E-state index contributed by atoms with van der Waals surface area (Å²) in [6, 6.07) is 8.03. The molecular formula is C15H19N3O. The van der Waals surface area contributed by atoms with Gasteiger partial charge >= 0.3 is 5.69 Å². The fraction of sp³-hybridized carbons (Fsp3) is 0.400. The van der Waals surface area contributed by atoms with E-state index in [0.29, 0.717) is 0 Å². The van der Waals surface area contributed by atoms with E-state index in [0.717, 1.165) is 24.1 Å². The Hall–Kier alpha value is -1.81. The van der Waals surface area contributed by atoms with Gasteiger partial charge in [0.2, 0.25) is 0 Å². The smallest absolute Gasteiger partial charge is 0.321 e. The predicted octanol–water partition coefficient (Wildman–Crippen LogP) is 2.28. The lowest BCUT2D eigenvalue weighted by Crippen LogP contribution is -2.38. The van der Waals surface area contributed by atoms with E-state index >= 15 is 0 Å². The van der Waals surface area contributed by atoms with Gasteiger partial charge in [-0.15, -0.1) is 0 Å². The number of benzene rings is 1. The van der Waals surface area contributed by atoms with Crippen molar-refractivity contribution >= 4 is 0 Å². The number of hydrogen-bond donors (Lipinski definition) is 2. The highest BCUT2D eigenvalue weighted by molar-refractivity contribution is 5.39. The highest BCUT2D eigenvalue weighted by Crippen LogP contribution is 2.35. The molecule has 4 nitrogen and oxygen atoms in total. The van der Waals surface area contributed by atoms with Crippen molar-refractivity contribution in [1.82, 2.24) is 9.55 Å². The van der Waals surface area contributed by atoms with E-state index < -0.39 is 0 Å². The summed E-state index contributed by atoms with van der Waals surface area (Å²) in [5.41, 5.74) is 8.21. The molecule has 1 fully saturated rings. The number of imidazole rings is 1. The van der Waals surface area contributed by atoms with Gasteiger partial charge in [0.25, 0.3) is 0 Å². The highest BCUT2D eigenvalue weighted by atomic mass is 16.1. The summed E-state index contributed by atoms with van der Waals surface area (Å²) < 4.78 is 1.61. The second-order valence-corrected chi connectivity index (χ2v) is 5.40. The summed E-state index contributed by atoms with van der Waals surface area (Å²) in [7, 11) is 0. The first-order valence-electron chi connectivity index (χ1n) is 6.85. The van der Waals surface area contributed by atoms with Crippen LogP contribution in [0.5, 0.6) is 0 Å². The van der Waals surface area contributed by atoms with E-state index in [-0.39, 0.29) is 11.2 Å². The lowest BCUT2D eigenvalue weighted by Gasteiger charge is -2.34. The zero-order chi connectivity index (χ0) is 13.3. The maximum Gasteiger partial charge on any atom is 0.330 e. The van der Waals surface area contributed by atoms with Crippen molar-refractivity contribution in [2.24, 2.45) is 5.73 Å². The molecule has 1 saturated carbocycles. The van der Waals surface area contributed by atoms with Gasteiger partial charge < -0.3 is 10.7 Å². The zero-order valence-corrected chi connectivity index (χ0v) is 10.9. The molecule has 0 saturated heterocycles. The van der Waals surface area contributed by atoms with E-state index in [1.807, 2.05) is 18.2 Å². The molecule has 0 bridgehead atoms. The van der Waals surface area contributed by atoms with Gasteiger partial charge in [0.05, 0.1) is 5.69 Å². The molecule has 1 aliphatic carbocycles. The van der Waals surface area contributed by atoms with Gasteiger partial charge in [-0.1, -0.05) is 31.4 Å². The van der Waals surface area contributed by atoms with Crippen LogP contribution >= 0.6 is 0 Å². The van der Waals surface area contributed by atoms with Crippen LogP contribution in [-0.2, 0) is 5.54 Å². The van der Waals surface area contributed by atoms with Gasteiger partial charge in [-0.3, -0.25) is 4.57 Å². The van der Waals surface area contributed by atoms with Gasteiger partial charge in [-0.25, -0.2) is 4.79 Å². The van der Waals surface area contributed by atoms with Crippen molar-refractivity contribution in [2.75, 3.05) is 0 Å². The average molecular weight is 257 g/mol. The number of nitrogens with two attached hydrogens (primary N) is 1. The predicted molar refractivity (Wildman–Crippen MR) is 75.3 cm³/mol. The molecule has 0 unspecified atom stereocenters. The second-order valence-electron chi connectivity index (χ2n) is 5.40. The molecule has 1 aliphatic rings. The Bertz CT molecular complexity index is 620. The van der Waals surface area contributed by atoms with Crippen LogP contribution in [0.15, 0.2) is 41.5 Å². The molecule has 19 heavy (non-hydrogen) atoms. The molecule has 0 amide bonds. The normalized spacial score (nSPS) is 18.4. The van der Waals surface area contributed by atoms with Crippen LogP contribution < -0.4 is 11.4 Å². The topological polar surface area (TPSA) is 63.8 Å². The van der Waals surface area contributed by atoms with Gasteiger partial charge in [0.1, 0.15) is 0 Å². The number of nitrogens with zero attached hydrogens (tertiary/aromatic N) is 1. The zero-order valence-electron chi connectivity index (χ0n) is 10.9. The molecule has 1 aromatic carbocycles. The fourth-order valence-corrected chi connectivity index (χ4v) is 2.96. The maximum atomic E-state index is 11.7. The van der Waals surface area contributed by atoms with Crippen LogP contribution in [0.3, 0.4) is 0 Å². The lowest BCUT2D eigenvalue weighted by molar-refractivity contribution is 0.302. The second kappa shape index (κ2) is 4.70. The summed E-state index contributed by atoms with van der Waals surface area (Å²) in [6.45, 7) is 0. The molecular weight excluding hydrogens is 238 g/mol. The molecule has 2 aromatic rings. The molecule has 4 heteroatoms. The van der Waals surface area contributed by atoms with Crippen molar-refractivity contribution in [3.63, 3.8) is 0 Å². The van der Waals surface area contributed by atoms with Crippen LogP contribution in [0, 0.1) is 0 Å². The summed E-state index contributed by atoms with van der Waals surface area (Å²) in [4.78, 5) is 14.3. The molecule has 0 radical (unpaired) electrons. The SMILES string of the molecule is NC1(c2cccc(-n3cc[nH]c3=O)c2)CCCCC1. The van der Waals surface area contributed by atoms with Crippen LogP contribution in [0.1, 0.15) is 37.7 Å². The van der Waals surface area contributed by atoms with Crippen LogP contribution in [0.2, 0.25) is 0 Å². The molecule has 1 heterocycles. The Morgan fingerprint density at radius 3 is 2.68 bits per heavy atom. The van der Waals surface area contributed by atoms with E-state index in [4.69, 9.17) is 5.73 Å². The lowest BCUT2D eigenvalue weighted by atomic mass is 9.77. The largest absolute Gasteiger partial charge is 0.330 e. The number of aromatic nitrogens is 2. The van der Waals surface area contributed by atoms with Gasteiger partial charge in [-0.05, 0) is 30.5 Å². The Morgan fingerprint density at radius 1 is 1.21 bits per heavy atom. The minimum atomic E-state index is -0.228. The average Bonchev–Trinajstić information content (AvgIpc) is 2.86. The third-order valence-electron chi connectivity index (χ3n) is 4.09. The van der Waals surface area contributed by atoms with Crippen LogP contribution in [0.4, 0.5) is 0 Å². The van der Waals surface area contributed by atoms with Crippen molar-refractivity contribution in [3.8, 4) is 5.69 Å². The molecule has 1 aromatic heterocycles. The van der Waals surface area contributed by atoms with E-state index in [2.05, 4.69) is 11.1 Å². The van der Waals surface area contributed by atoms with Crippen LogP contribution in [0.25, 0.3) is 5.69 Å². The van der Waals surface area contributed by atoms with E-state index in [1.54, 1.807) is 17.0 Å². The number of hydrogen-bond acceptors (Lipinski definition) is 2. The molecule has 0 atom stereocenters. The number of rotatable bonds is 2. The van der Waals surface area contributed by atoms with E-state index in [1.165, 1.54) is 19.3 Å². The quantitative estimate of drug-likeness (QED) is 0.867. The molecule has 0 aliphatic heterocycles. The van der Waals surface area contributed by atoms with Crippen LogP contribution in [-0.4, -0.2) is 9.55 Å². The molecule has 3 N–H and O–H groups in total. The summed E-state index contributed by atoms with van der Waals surface area (Å²) >= 11 is 0. The fourth-order valence-electron chi connectivity index (χ4n) is 2.96. The Morgan fingerprint density at radius 2 is 2.00 bits per heavy atom. The van der Waals surface area contributed by atoms with E-state index in [9.17, 15) is 4.79 Å². The monoisotopic (exact) mass is 257 g/mol. The first kappa shape index (κ1) is 12.2. The maximum absolute atomic E-state index is 11.7. The minimum Gasteiger partial charge on any atom is -0.321 e. The van der Waals surface area contributed by atoms with Gasteiger partial charge in [0.15, 0.2) is 0 Å². The Labute approximate surface area is 112 Å². The summed E-state index contributed by atoms with van der Waals surface area (Å²) in [5, 5.41) is 0. The first-order chi connectivity index (χ1) is 9.19. The van der Waals surface area contributed by atoms with Crippen molar-refractivity contribution in [3.05, 3.63) is 52.7 Å². The van der Waals surface area contributed by atoms with Crippen molar-refractivity contribution in [1.29, 1.82) is 0 Å². The minimum absolute atomic E-state index is 0.119. The molecule has 0 spiro atoms. The summed E-state index contributed by atoms with van der Waals surface area (Å²) in [6.07, 6.45) is 9.09. The molecule has 100 valence electrons. The standard InChI is InChI=1S/C15H19N3O/c16-15(7-2-1-3-8-15)12-5-4-6-13(11-12)18-10-9-17-14(18)19/h4-6,9-11H,1-3,7-8,16H2,(H,17,19). The Kier molecular flexibility index (Phi) is 3.03. The highest BCUT2D eigenvalue weighted by Gasteiger charge is 2.29. The van der Waals surface area contributed by atoms with Gasteiger partial charge in [0, 0.05) is 17.9 Å². The molecule has 3 rings (SSSR count). The number of nitrogens with one attached hydrogen (secondary N) is 1. The number of aromatic amines is 1. The third-order valence-corrected chi connectivity index (χ3v) is 4.09. The first-order valence-corrected chi connectivity index (χ1v) is 6.85. The summed E-state index contributed by atoms with van der Waals surface area (Å²) in [5.74, 6) is 0. The Balaban J connectivity index is 2.00. The third kappa shape index (κ3) is 2.24. The van der Waals surface area contributed by atoms with Gasteiger partial charge in [-0.2, -0.15) is 0 Å². The van der Waals surface area contributed by atoms with Crippen molar-refractivity contribution < 1.29 is 0 Å². The number of H-pyrrole nitrogens is 1.